The Balaban J connectivity index is 1.37. The highest BCUT2D eigenvalue weighted by molar-refractivity contribution is 5.59. The first-order chi connectivity index (χ1) is 14.9. The van der Waals surface area contributed by atoms with Crippen LogP contribution in [-0.2, 0) is 24.1 Å². The van der Waals surface area contributed by atoms with Crippen molar-refractivity contribution in [2.24, 2.45) is 0 Å². The summed E-state index contributed by atoms with van der Waals surface area (Å²) < 4.78 is 64.1. The minimum atomic E-state index is -4.42. The molecule has 1 aliphatic heterocycles. The van der Waals surface area contributed by atoms with Gasteiger partial charge in [0.2, 0.25) is 5.82 Å². The van der Waals surface area contributed by atoms with Crippen molar-refractivity contribution >= 4 is 0 Å². The lowest BCUT2D eigenvalue weighted by atomic mass is 10.1. The van der Waals surface area contributed by atoms with Crippen molar-refractivity contribution in [1.82, 2.24) is 25.1 Å². The molecule has 1 aliphatic rings. The highest BCUT2D eigenvalue weighted by atomic mass is 19.4. The summed E-state index contributed by atoms with van der Waals surface area (Å²) in [5.41, 5.74) is 1.38. The Kier molecular flexibility index (Phi) is 4.54. The number of hydrogen-bond acceptors (Lipinski definition) is 6. The Bertz CT molecular complexity index is 1220. The van der Waals surface area contributed by atoms with Crippen LogP contribution >= 0.6 is 0 Å². The lowest BCUT2D eigenvalue weighted by molar-refractivity contribution is -0.137. The van der Waals surface area contributed by atoms with E-state index in [0.29, 0.717) is 23.5 Å². The zero-order chi connectivity index (χ0) is 21.6. The molecule has 0 amide bonds. The fourth-order valence-electron chi connectivity index (χ4n) is 3.30. The van der Waals surface area contributed by atoms with Crippen LogP contribution in [0, 0.1) is 5.82 Å². The second-order valence-corrected chi connectivity index (χ2v) is 6.92. The van der Waals surface area contributed by atoms with Crippen molar-refractivity contribution in [3.8, 4) is 23.0 Å². The zero-order valence-corrected chi connectivity index (χ0v) is 15.7. The van der Waals surface area contributed by atoms with Crippen LogP contribution in [0.15, 0.2) is 53.1 Å². The van der Waals surface area contributed by atoms with Crippen molar-refractivity contribution in [3.63, 3.8) is 0 Å². The molecule has 1 atom stereocenters. The first kappa shape index (κ1) is 19.4. The topological polar surface area (TPSA) is 78.9 Å². The van der Waals surface area contributed by atoms with Gasteiger partial charge in [-0.3, -0.25) is 0 Å². The molecule has 2 aromatic carbocycles. The Morgan fingerprint density at radius 3 is 2.45 bits per heavy atom. The molecular weight excluding hydrogens is 418 g/mol. The van der Waals surface area contributed by atoms with Gasteiger partial charge in [-0.1, -0.05) is 34.6 Å². The maximum atomic E-state index is 13.1. The van der Waals surface area contributed by atoms with E-state index in [0.717, 1.165) is 17.7 Å². The third-order valence-corrected chi connectivity index (χ3v) is 4.94. The molecule has 5 rings (SSSR count). The predicted molar refractivity (Wildman–Crippen MR) is 97.7 cm³/mol. The summed E-state index contributed by atoms with van der Waals surface area (Å²) in [7, 11) is 0. The highest BCUT2D eigenvalue weighted by Crippen LogP contribution is 2.32. The smallest absolute Gasteiger partial charge is 0.365 e. The largest absolute Gasteiger partial charge is 0.416 e. The first-order valence-electron chi connectivity index (χ1n) is 9.19. The summed E-state index contributed by atoms with van der Waals surface area (Å²) in [6.07, 6.45) is -4.73. The summed E-state index contributed by atoms with van der Waals surface area (Å²) in [5, 5.41) is 12.0. The molecule has 0 spiro atoms. The average molecular weight is 431 g/mol. The number of ether oxygens (including phenoxy) is 1. The van der Waals surface area contributed by atoms with Crippen LogP contribution in [0.25, 0.3) is 23.0 Å². The molecule has 1 unspecified atom stereocenters. The molecule has 0 fully saturated rings. The molecule has 4 aromatic rings. The van der Waals surface area contributed by atoms with E-state index in [2.05, 4.69) is 20.5 Å². The third kappa shape index (κ3) is 3.67. The van der Waals surface area contributed by atoms with E-state index in [1.165, 1.54) is 24.3 Å². The van der Waals surface area contributed by atoms with E-state index in [-0.39, 0.29) is 30.2 Å². The number of fused-ring (bicyclic) bond motifs is 1. The predicted octanol–water partition coefficient (Wildman–Crippen LogP) is 4.42. The summed E-state index contributed by atoms with van der Waals surface area (Å²) in [6.45, 7) is 0.538. The van der Waals surface area contributed by atoms with Gasteiger partial charge in [-0.15, -0.1) is 5.10 Å². The van der Waals surface area contributed by atoms with Crippen LogP contribution in [0.5, 0.6) is 0 Å². The van der Waals surface area contributed by atoms with Gasteiger partial charge < -0.3 is 9.26 Å². The molecule has 0 aliphatic carbocycles. The van der Waals surface area contributed by atoms with Crippen molar-refractivity contribution in [2.75, 3.05) is 0 Å². The van der Waals surface area contributed by atoms with Gasteiger partial charge in [0.15, 0.2) is 5.69 Å². The van der Waals surface area contributed by atoms with E-state index in [4.69, 9.17) is 9.26 Å². The number of benzene rings is 2. The van der Waals surface area contributed by atoms with Crippen molar-refractivity contribution < 1.29 is 26.8 Å². The van der Waals surface area contributed by atoms with Crippen LogP contribution in [0.2, 0.25) is 0 Å². The lowest BCUT2D eigenvalue weighted by Gasteiger charge is -2.24. The Hall–Kier alpha value is -3.60. The number of nitrogens with zero attached hydrogens (tertiary/aromatic N) is 5. The number of rotatable bonds is 3. The quantitative estimate of drug-likeness (QED) is 0.447. The van der Waals surface area contributed by atoms with E-state index < -0.39 is 11.7 Å². The van der Waals surface area contributed by atoms with Crippen LogP contribution in [0.4, 0.5) is 17.6 Å². The van der Waals surface area contributed by atoms with E-state index >= 15 is 0 Å². The maximum Gasteiger partial charge on any atom is 0.416 e. The monoisotopic (exact) mass is 431 g/mol. The SMILES string of the molecule is Fc1ccc(C2Cn3nnc(-c4nc(-c5ccc(C(F)(F)F)cc5)no4)c3CO2)cc1. The van der Waals surface area contributed by atoms with Gasteiger partial charge in [0.25, 0.3) is 5.89 Å². The molecular formula is C20H13F4N5O2. The summed E-state index contributed by atoms with van der Waals surface area (Å²) in [6, 6.07) is 10.5. The normalized spacial score (nSPS) is 16.3. The zero-order valence-electron chi connectivity index (χ0n) is 15.7. The molecule has 158 valence electrons. The van der Waals surface area contributed by atoms with Crippen LogP contribution in [0.3, 0.4) is 0 Å². The van der Waals surface area contributed by atoms with Gasteiger partial charge in [0.05, 0.1) is 24.4 Å². The minimum Gasteiger partial charge on any atom is -0.365 e. The third-order valence-electron chi connectivity index (χ3n) is 4.94. The Morgan fingerprint density at radius 1 is 1.00 bits per heavy atom. The van der Waals surface area contributed by atoms with Gasteiger partial charge in [-0.25, -0.2) is 9.07 Å². The van der Waals surface area contributed by atoms with Crippen LogP contribution in [0.1, 0.15) is 22.9 Å². The molecule has 7 nitrogen and oxygen atoms in total. The number of aromatic nitrogens is 5. The van der Waals surface area contributed by atoms with Crippen molar-refractivity contribution in [1.29, 1.82) is 0 Å². The minimum absolute atomic E-state index is 0.0833. The second-order valence-electron chi connectivity index (χ2n) is 6.92. The average Bonchev–Trinajstić information content (AvgIpc) is 3.40. The highest BCUT2D eigenvalue weighted by Gasteiger charge is 2.31. The number of alkyl halides is 3. The summed E-state index contributed by atoms with van der Waals surface area (Å²) >= 11 is 0. The molecule has 0 radical (unpaired) electrons. The standard InChI is InChI=1S/C20H13F4N5O2/c21-14-7-3-11(4-8-14)16-9-29-15(10-30-16)17(26-28-29)19-25-18(27-31-19)12-1-5-13(6-2-12)20(22,23)24/h1-8,16H,9-10H2. The maximum absolute atomic E-state index is 13.1. The summed E-state index contributed by atoms with van der Waals surface area (Å²) in [4.78, 5) is 4.24. The van der Waals surface area contributed by atoms with Crippen LogP contribution in [-0.4, -0.2) is 25.1 Å². The number of hydrogen-bond donors (Lipinski definition) is 0. The lowest BCUT2D eigenvalue weighted by Crippen LogP contribution is -2.22. The molecule has 3 heterocycles. The fraction of sp³-hybridized carbons (Fsp3) is 0.200. The van der Waals surface area contributed by atoms with Crippen molar-refractivity contribution in [2.45, 2.75) is 25.4 Å². The van der Waals surface area contributed by atoms with Gasteiger partial charge in [-0.2, -0.15) is 18.2 Å². The van der Waals surface area contributed by atoms with Gasteiger partial charge >= 0.3 is 6.18 Å². The molecule has 0 saturated heterocycles. The first-order valence-corrected chi connectivity index (χ1v) is 9.19. The van der Waals surface area contributed by atoms with Gasteiger partial charge in [0.1, 0.15) is 11.9 Å². The van der Waals surface area contributed by atoms with E-state index in [1.807, 2.05) is 0 Å². The number of halogens is 4. The molecule has 31 heavy (non-hydrogen) atoms. The second kappa shape index (κ2) is 7.27. The molecule has 2 aromatic heterocycles. The van der Waals surface area contributed by atoms with Gasteiger partial charge in [-0.05, 0) is 29.8 Å². The van der Waals surface area contributed by atoms with Crippen LogP contribution < -0.4 is 0 Å². The fourth-order valence-corrected chi connectivity index (χ4v) is 3.30. The van der Waals surface area contributed by atoms with E-state index in [1.54, 1.807) is 16.8 Å². The molecule has 0 bridgehead atoms. The molecule has 0 saturated carbocycles. The van der Waals surface area contributed by atoms with Crippen molar-refractivity contribution in [3.05, 3.63) is 71.2 Å². The Morgan fingerprint density at radius 2 is 1.74 bits per heavy atom. The van der Waals surface area contributed by atoms with E-state index in [9.17, 15) is 17.6 Å². The summed E-state index contributed by atoms with van der Waals surface area (Å²) in [5.74, 6) is -0.116. The van der Waals surface area contributed by atoms with Gasteiger partial charge in [0, 0.05) is 5.56 Å². The Labute approximate surface area is 172 Å². The molecule has 11 heteroatoms. The molecule has 0 N–H and O–H groups in total.